The molecular formula is C65H71NO11Si. The molecule has 3 aliphatic heterocycles. The van der Waals surface area contributed by atoms with E-state index in [1.165, 1.54) is 6.92 Å². The minimum atomic E-state index is -3.38. The molecule has 13 heteroatoms. The molecule has 0 aromatic heterocycles. The van der Waals surface area contributed by atoms with Crippen molar-refractivity contribution >= 4 is 24.6 Å². The number of hydrogen-bond donors (Lipinski definition) is 1. The molecule has 7 aromatic carbocycles. The Labute approximate surface area is 460 Å². The molecule has 0 bridgehead atoms. The molecule has 1 N–H and O–H groups in total. The molecule has 12 nitrogen and oxygen atoms in total. The summed E-state index contributed by atoms with van der Waals surface area (Å²) in [5.74, 6) is -0.301. The van der Waals surface area contributed by atoms with Crippen LogP contribution in [0.2, 0.25) is 5.04 Å². The van der Waals surface area contributed by atoms with Gasteiger partial charge in [0.15, 0.2) is 18.9 Å². The summed E-state index contributed by atoms with van der Waals surface area (Å²) < 4.78 is 71.4. The van der Waals surface area contributed by atoms with Crippen molar-refractivity contribution in [2.24, 2.45) is 0 Å². The molecule has 0 spiro atoms. The van der Waals surface area contributed by atoms with Crippen molar-refractivity contribution in [2.45, 2.75) is 127 Å². The van der Waals surface area contributed by atoms with Gasteiger partial charge in [0, 0.05) is 12.5 Å². The summed E-state index contributed by atoms with van der Waals surface area (Å²) in [5, 5.41) is 4.92. The normalized spacial score (nSPS) is 25.4. The first-order chi connectivity index (χ1) is 38.1. The van der Waals surface area contributed by atoms with Crippen LogP contribution in [0, 0.1) is 0 Å². The number of amides is 1. The second-order valence-corrected chi connectivity index (χ2v) is 25.4. The van der Waals surface area contributed by atoms with Crippen LogP contribution >= 0.6 is 0 Å². The second kappa shape index (κ2) is 26.2. The highest BCUT2D eigenvalue weighted by Gasteiger charge is 2.59. The quantitative estimate of drug-likeness (QED) is 0.0693. The standard InChI is InChI=1S/C65H71NO11Si/c1-46(67)66-56-59(69-41-48-28-14-6-15-29-48)57(54(44-68-40-47-26-12-5-13-27-47)73-63(56)77-78(65(2,3)4,52-36-22-10-23-37-52)53-38-24-11-25-39-53)76-64-61(71-43-50-32-18-8-19-33-50)60(70-42-49-30-16-7-17-31-49)58-55(74-64)45-72-62(75-58)51-34-20-9-21-35-51/h5-39,54-64H,40-45H2,1-4H3,(H,66,67)/t54-,55-,56-,57-,58+,59-,60+,61-,62?,63+,64+/m1/s1. The van der Waals surface area contributed by atoms with E-state index in [9.17, 15) is 4.79 Å². The van der Waals surface area contributed by atoms with Crippen LogP contribution < -0.4 is 15.7 Å². The van der Waals surface area contributed by atoms with E-state index in [1.54, 1.807) is 0 Å². The van der Waals surface area contributed by atoms with Crippen molar-refractivity contribution in [1.29, 1.82) is 0 Å². The molecule has 406 valence electrons. The van der Waals surface area contributed by atoms with E-state index in [0.717, 1.165) is 38.2 Å². The lowest BCUT2D eigenvalue weighted by atomic mass is 9.94. The Morgan fingerprint density at radius 3 is 1.46 bits per heavy atom. The highest BCUT2D eigenvalue weighted by atomic mass is 28.4. The maximum atomic E-state index is 13.9. The molecule has 3 fully saturated rings. The van der Waals surface area contributed by atoms with Crippen molar-refractivity contribution in [3.05, 3.63) is 240 Å². The highest BCUT2D eigenvalue weighted by molar-refractivity contribution is 6.99. The lowest BCUT2D eigenvalue weighted by molar-refractivity contribution is -0.390. The second-order valence-electron chi connectivity index (χ2n) is 21.2. The van der Waals surface area contributed by atoms with Crippen LogP contribution in [-0.2, 0) is 78.3 Å². The predicted molar refractivity (Wildman–Crippen MR) is 300 cm³/mol. The van der Waals surface area contributed by atoms with Gasteiger partial charge >= 0.3 is 0 Å². The molecule has 0 radical (unpaired) electrons. The maximum absolute atomic E-state index is 13.9. The van der Waals surface area contributed by atoms with Crippen LogP contribution in [0.1, 0.15) is 61.8 Å². The highest BCUT2D eigenvalue weighted by Crippen LogP contribution is 2.42. The van der Waals surface area contributed by atoms with E-state index in [2.05, 4.69) is 50.4 Å². The number of nitrogens with one attached hydrogen (secondary N) is 1. The summed E-state index contributed by atoms with van der Waals surface area (Å²) >= 11 is 0. The maximum Gasteiger partial charge on any atom is 0.264 e. The average molecular weight is 1070 g/mol. The number of rotatable bonds is 21. The average Bonchev–Trinajstić information content (AvgIpc) is 3.47. The third kappa shape index (κ3) is 13.3. The van der Waals surface area contributed by atoms with Gasteiger partial charge in [-0.1, -0.05) is 233 Å². The van der Waals surface area contributed by atoms with Gasteiger partial charge in [0.25, 0.3) is 8.32 Å². The minimum absolute atomic E-state index is 0.0470. The Hall–Kier alpha value is -6.17. The van der Waals surface area contributed by atoms with E-state index in [0.29, 0.717) is 0 Å². The topological polar surface area (TPSA) is 121 Å². The molecule has 1 unspecified atom stereocenters. The lowest BCUT2D eigenvalue weighted by Gasteiger charge is -2.53. The smallest absolute Gasteiger partial charge is 0.264 e. The number of carbonyl (C=O) groups excluding carboxylic acids is 1. The van der Waals surface area contributed by atoms with Crippen LogP contribution in [0.25, 0.3) is 0 Å². The number of benzene rings is 7. The van der Waals surface area contributed by atoms with E-state index in [1.807, 2.05) is 188 Å². The molecule has 7 aromatic rings. The summed E-state index contributed by atoms with van der Waals surface area (Å²) in [5.41, 5.74) is 4.70. The summed E-state index contributed by atoms with van der Waals surface area (Å²) in [7, 11) is -3.38. The van der Waals surface area contributed by atoms with Gasteiger partial charge in [-0.3, -0.25) is 4.79 Å². The van der Waals surface area contributed by atoms with Gasteiger partial charge in [0.05, 0.1) is 39.6 Å². The van der Waals surface area contributed by atoms with Gasteiger partial charge in [-0.25, -0.2) is 0 Å². The van der Waals surface area contributed by atoms with Crippen molar-refractivity contribution in [3.63, 3.8) is 0 Å². The van der Waals surface area contributed by atoms with Crippen LogP contribution in [0.15, 0.2) is 212 Å². The van der Waals surface area contributed by atoms with Crippen LogP contribution in [0.5, 0.6) is 0 Å². The number of ether oxygens (including phenoxy) is 9. The number of hydrogen-bond acceptors (Lipinski definition) is 11. The van der Waals surface area contributed by atoms with Crippen LogP contribution in [0.3, 0.4) is 0 Å². The molecule has 11 atom stereocenters. The minimum Gasteiger partial charge on any atom is -0.381 e. The Morgan fingerprint density at radius 1 is 0.526 bits per heavy atom. The largest absolute Gasteiger partial charge is 0.381 e. The zero-order chi connectivity index (χ0) is 53.7. The lowest BCUT2D eigenvalue weighted by Crippen LogP contribution is -2.73. The van der Waals surface area contributed by atoms with Gasteiger partial charge in [-0.05, 0) is 37.7 Å². The summed E-state index contributed by atoms with van der Waals surface area (Å²) in [6.07, 6.45) is -8.63. The van der Waals surface area contributed by atoms with Crippen molar-refractivity contribution in [1.82, 2.24) is 5.32 Å². The molecule has 0 saturated carbocycles. The van der Waals surface area contributed by atoms with Gasteiger partial charge in [0.1, 0.15) is 48.8 Å². The van der Waals surface area contributed by atoms with Crippen molar-refractivity contribution in [2.75, 3.05) is 13.2 Å². The van der Waals surface area contributed by atoms with Crippen molar-refractivity contribution < 1.29 is 51.9 Å². The fraction of sp³-hybridized carbons (Fsp3) is 0.338. The first kappa shape index (κ1) is 55.2. The molecular weight excluding hydrogens is 999 g/mol. The Kier molecular flexibility index (Phi) is 18.5. The molecule has 78 heavy (non-hydrogen) atoms. The van der Waals surface area contributed by atoms with Gasteiger partial charge in [-0.2, -0.15) is 0 Å². The SMILES string of the molecule is CC(=O)N[C@H]1[C@H](O[Si](c2ccccc2)(c2ccccc2)C(C)(C)C)O[C@H](COCc2ccccc2)[C@@H](O[C@@H]2O[C@@H]3COC(c4ccccc4)O[C@@H]3[C@H](OCc3ccccc3)[C@H]2OCc2ccccc2)[C@@H]1OCc1ccccc1. The van der Waals surface area contributed by atoms with Crippen LogP contribution in [-0.4, -0.2) is 88.8 Å². The molecule has 1 amide bonds. The fourth-order valence-corrected chi connectivity index (χ4v) is 15.4. The Bertz CT molecular complexity index is 2850. The van der Waals surface area contributed by atoms with Crippen molar-refractivity contribution in [3.8, 4) is 0 Å². The zero-order valence-corrected chi connectivity index (χ0v) is 45.8. The molecule has 3 saturated heterocycles. The number of fused-ring (bicyclic) bond motifs is 1. The molecule has 10 rings (SSSR count). The Balaban J connectivity index is 1.08. The van der Waals surface area contributed by atoms with Crippen LogP contribution in [0.4, 0.5) is 0 Å². The van der Waals surface area contributed by atoms with E-state index < -0.39 is 81.0 Å². The molecule has 3 heterocycles. The van der Waals surface area contributed by atoms with E-state index in [4.69, 9.17) is 47.1 Å². The Morgan fingerprint density at radius 2 is 0.974 bits per heavy atom. The summed E-state index contributed by atoms with van der Waals surface area (Å²) in [6.45, 7) is 9.27. The van der Waals surface area contributed by atoms with E-state index in [-0.39, 0.29) is 45.5 Å². The third-order valence-corrected chi connectivity index (χ3v) is 19.6. The predicted octanol–water partition coefficient (Wildman–Crippen LogP) is 9.99. The first-order valence-electron chi connectivity index (χ1n) is 27.1. The molecule has 3 aliphatic rings. The fourth-order valence-electron chi connectivity index (χ4n) is 10.9. The van der Waals surface area contributed by atoms with Gasteiger partial charge in [-0.15, -0.1) is 0 Å². The first-order valence-corrected chi connectivity index (χ1v) is 29.0. The van der Waals surface area contributed by atoms with Gasteiger partial charge < -0.3 is 52.4 Å². The summed E-state index contributed by atoms with van der Waals surface area (Å²) in [6, 6.07) is 69.6. The summed E-state index contributed by atoms with van der Waals surface area (Å²) in [4.78, 5) is 13.9. The third-order valence-electron chi connectivity index (χ3n) is 14.6. The van der Waals surface area contributed by atoms with E-state index >= 15 is 0 Å². The number of carbonyl (C=O) groups is 1. The monoisotopic (exact) mass is 1070 g/mol. The zero-order valence-electron chi connectivity index (χ0n) is 44.8. The van der Waals surface area contributed by atoms with Gasteiger partial charge in [0.2, 0.25) is 5.91 Å². The molecule has 0 aliphatic carbocycles.